The van der Waals surface area contributed by atoms with Crippen LogP contribution in [0.15, 0.2) is 17.5 Å². The van der Waals surface area contributed by atoms with E-state index in [1.807, 2.05) is 25.5 Å². The number of rotatable bonds is 5. The number of carboxylic acid groups (broad SMARTS) is 1. The molecule has 0 spiro atoms. The summed E-state index contributed by atoms with van der Waals surface area (Å²) in [6.07, 6.45) is 0.656. The SMILES string of the molecule is CC(CC(c1cccs1)N(C)C)C(=O)O. The van der Waals surface area contributed by atoms with Crippen molar-refractivity contribution in [2.45, 2.75) is 19.4 Å². The monoisotopic (exact) mass is 227 g/mol. The Balaban J connectivity index is 2.72. The second-order valence-corrected chi connectivity index (χ2v) is 4.95. The van der Waals surface area contributed by atoms with Gasteiger partial charge in [0.1, 0.15) is 0 Å². The van der Waals surface area contributed by atoms with Gasteiger partial charge in [0.25, 0.3) is 0 Å². The molecule has 84 valence electrons. The van der Waals surface area contributed by atoms with Gasteiger partial charge in [0, 0.05) is 10.9 Å². The minimum absolute atomic E-state index is 0.205. The van der Waals surface area contributed by atoms with Crippen LogP contribution in [0, 0.1) is 5.92 Å². The standard InChI is InChI=1S/C11H17NO2S/c1-8(11(13)14)7-9(12(2)3)10-5-4-6-15-10/h4-6,8-9H,7H2,1-3H3,(H,13,14). The molecule has 1 aromatic rings. The summed E-state index contributed by atoms with van der Waals surface area (Å²) in [5, 5.41) is 10.9. The van der Waals surface area contributed by atoms with Crippen molar-refractivity contribution in [2.75, 3.05) is 14.1 Å². The molecule has 0 aliphatic rings. The molecule has 0 radical (unpaired) electrons. The van der Waals surface area contributed by atoms with Crippen LogP contribution in [0.1, 0.15) is 24.3 Å². The molecule has 0 amide bonds. The van der Waals surface area contributed by atoms with Gasteiger partial charge in [-0.15, -0.1) is 11.3 Å². The Hall–Kier alpha value is -0.870. The zero-order valence-corrected chi connectivity index (χ0v) is 10.1. The molecule has 0 aliphatic heterocycles. The number of nitrogens with zero attached hydrogens (tertiary/aromatic N) is 1. The summed E-state index contributed by atoms with van der Waals surface area (Å²) in [4.78, 5) is 14.1. The molecule has 2 atom stereocenters. The average Bonchev–Trinajstić information content (AvgIpc) is 2.65. The molecule has 1 N–H and O–H groups in total. The fourth-order valence-corrected chi connectivity index (χ4v) is 2.43. The maximum atomic E-state index is 10.8. The minimum Gasteiger partial charge on any atom is -0.481 e. The highest BCUT2D eigenvalue weighted by atomic mass is 32.1. The number of carboxylic acids is 1. The first-order valence-corrected chi connectivity index (χ1v) is 5.83. The van der Waals surface area contributed by atoms with Crippen molar-refractivity contribution in [1.82, 2.24) is 4.90 Å². The molecular weight excluding hydrogens is 210 g/mol. The lowest BCUT2D eigenvalue weighted by Crippen LogP contribution is -2.23. The van der Waals surface area contributed by atoms with Crippen molar-refractivity contribution in [2.24, 2.45) is 5.92 Å². The first-order chi connectivity index (χ1) is 7.02. The molecule has 15 heavy (non-hydrogen) atoms. The normalized spacial score (nSPS) is 15.2. The molecule has 2 unspecified atom stereocenters. The molecular formula is C11H17NO2S. The summed E-state index contributed by atoms with van der Waals surface area (Å²) in [5.41, 5.74) is 0. The molecule has 1 rings (SSSR count). The molecule has 0 bridgehead atoms. The number of carbonyl (C=O) groups is 1. The summed E-state index contributed by atoms with van der Waals surface area (Å²) in [5.74, 6) is -1.03. The Bertz CT molecular complexity index is 308. The maximum Gasteiger partial charge on any atom is 0.306 e. The third-order valence-electron chi connectivity index (χ3n) is 2.49. The van der Waals surface area contributed by atoms with Crippen LogP contribution in [-0.2, 0) is 4.79 Å². The van der Waals surface area contributed by atoms with Crippen molar-refractivity contribution in [3.05, 3.63) is 22.4 Å². The molecule has 1 aromatic heterocycles. The predicted octanol–water partition coefficient (Wildman–Crippen LogP) is 2.46. The number of aliphatic carboxylic acids is 1. The Labute approximate surface area is 94.3 Å². The van der Waals surface area contributed by atoms with Crippen molar-refractivity contribution in [3.63, 3.8) is 0 Å². The van der Waals surface area contributed by atoms with Crippen LogP contribution in [0.5, 0.6) is 0 Å². The van der Waals surface area contributed by atoms with Crippen LogP contribution in [0.25, 0.3) is 0 Å². The van der Waals surface area contributed by atoms with Crippen molar-refractivity contribution in [3.8, 4) is 0 Å². The van der Waals surface area contributed by atoms with E-state index >= 15 is 0 Å². The summed E-state index contributed by atoms with van der Waals surface area (Å²) < 4.78 is 0. The molecule has 3 nitrogen and oxygen atoms in total. The lowest BCUT2D eigenvalue weighted by atomic mass is 10.0. The van der Waals surface area contributed by atoms with Gasteiger partial charge >= 0.3 is 5.97 Å². The van der Waals surface area contributed by atoms with Gasteiger partial charge in [-0.1, -0.05) is 13.0 Å². The van der Waals surface area contributed by atoms with Crippen LogP contribution in [-0.4, -0.2) is 30.1 Å². The van der Waals surface area contributed by atoms with Crippen LogP contribution in [0.4, 0.5) is 0 Å². The maximum absolute atomic E-state index is 10.8. The van der Waals surface area contributed by atoms with Gasteiger partial charge in [0.2, 0.25) is 0 Å². The van der Waals surface area contributed by atoms with E-state index in [4.69, 9.17) is 5.11 Å². The van der Waals surface area contributed by atoms with Crippen LogP contribution in [0.2, 0.25) is 0 Å². The number of hydrogen-bond acceptors (Lipinski definition) is 3. The second-order valence-electron chi connectivity index (χ2n) is 3.97. The molecule has 0 aliphatic carbocycles. The summed E-state index contributed by atoms with van der Waals surface area (Å²) in [7, 11) is 3.97. The smallest absolute Gasteiger partial charge is 0.306 e. The number of thiophene rings is 1. The van der Waals surface area contributed by atoms with Gasteiger partial charge in [-0.05, 0) is 32.0 Å². The lowest BCUT2D eigenvalue weighted by Gasteiger charge is -2.24. The molecule has 0 fully saturated rings. The largest absolute Gasteiger partial charge is 0.481 e. The summed E-state index contributed by atoms with van der Waals surface area (Å²) >= 11 is 1.68. The van der Waals surface area contributed by atoms with Crippen molar-refractivity contribution in [1.29, 1.82) is 0 Å². The van der Waals surface area contributed by atoms with Gasteiger partial charge in [-0.3, -0.25) is 4.79 Å². The van der Waals surface area contributed by atoms with Crippen molar-refractivity contribution >= 4 is 17.3 Å². The fraction of sp³-hybridized carbons (Fsp3) is 0.545. The quantitative estimate of drug-likeness (QED) is 0.840. The van der Waals surface area contributed by atoms with Gasteiger partial charge in [-0.25, -0.2) is 0 Å². The average molecular weight is 227 g/mol. The first-order valence-electron chi connectivity index (χ1n) is 4.95. The molecule has 0 saturated heterocycles. The fourth-order valence-electron chi connectivity index (χ4n) is 1.50. The van der Waals surface area contributed by atoms with E-state index in [1.54, 1.807) is 18.3 Å². The van der Waals surface area contributed by atoms with Gasteiger partial charge in [-0.2, -0.15) is 0 Å². The van der Waals surface area contributed by atoms with Crippen molar-refractivity contribution < 1.29 is 9.90 Å². The van der Waals surface area contributed by atoms with Gasteiger partial charge < -0.3 is 10.0 Å². The summed E-state index contributed by atoms with van der Waals surface area (Å²) in [6, 6.07) is 4.27. The minimum atomic E-state index is -0.724. The Morgan fingerprint density at radius 1 is 1.60 bits per heavy atom. The third-order valence-corrected chi connectivity index (χ3v) is 3.47. The third kappa shape index (κ3) is 3.32. The lowest BCUT2D eigenvalue weighted by molar-refractivity contribution is -0.141. The predicted molar refractivity (Wildman–Crippen MR) is 62.2 cm³/mol. The molecule has 1 heterocycles. The summed E-state index contributed by atoms with van der Waals surface area (Å²) in [6.45, 7) is 1.76. The van der Waals surface area contributed by atoms with E-state index in [9.17, 15) is 4.79 Å². The van der Waals surface area contributed by atoms with Gasteiger partial charge in [0.05, 0.1) is 5.92 Å². The van der Waals surface area contributed by atoms with E-state index in [0.29, 0.717) is 6.42 Å². The van der Waals surface area contributed by atoms with E-state index < -0.39 is 5.97 Å². The van der Waals surface area contributed by atoms with Gasteiger partial charge in [0.15, 0.2) is 0 Å². The zero-order chi connectivity index (χ0) is 11.4. The Kier molecular flexibility index (Phi) is 4.29. The first kappa shape index (κ1) is 12.2. The molecule has 0 aromatic carbocycles. The highest BCUT2D eigenvalue weighted by Gasteiger charge is 2.21. The number of hydrogen-bond donors (Lipinski definition) is 1. The molecule has 4 heteroatoms. The molecule has 0 saturated carbocycles. The zero-order valence-electron chi connectivity index (χ0n) is 9.30. The van der Waals surface area contributed by atoms with E-state index in [2.05, 4.69) is 11.0 Å². The highest BCUT2D eigenvalue weighted by Crippen LogP contribution is 2.29. The van der Waals surface area contributed by atoms with Crippen LogP contribution >= 0.6 is 11.3 Å². The highest BCUT2D eigenvalue weighted by molar-refractivity contribution is 7.10. The van der Waals surface area contributed by atoms with Crippen LogP contribution < -0.4 is 0 Å². The van der Waals surface area contributed by atoms with E-state index in [-0.39, 0.29) is 12.0 Å². The second kappa shape index (κ2) is 5.28. The van der Waals surface area contributed by atoms with Crippen LogP contribution in [0.3, 0.4) is 0 Å². The Morgan fingerprint density at radius 3 is 2.67 bits per heavy atom. The van der Waals surface area contributed by atoms with E-state index in [0.717, 1.165) is 0 Å². The topological polar surface area (TPSA) is 40.5 Å². The van der Waals surface area contributed by atoms with E-state index in [1.165, 1.54) is 4.88 Å². The Morgan fingerprint density at radius 2 is 2.27 bits per heavy atom.